The number of hydrogen-bond acceptors (Lipinski definition) is 2. The Balaban J connectivity index is 2.43. The average Bonchev–Trinajstić information content (AvgIpc) is 2.06. The highest BCUT2D eigenvalue weighted by molar-refractivity contribution is 7.99. The molecule has 0 radical (unpaired) electrons. The van der Waals surface area contributed by atoms with Crippen LogP contribution >= 0.6 is 11.8 Å². The molecular weight excluding hydrogens is 213 g/mol. The van der Waals surface area contributed by atoms with Gasteiger partial charge in [-0.3, -0.25) is 0 Å². The molecule has 0 aliphatic carbocycles. The van der Waals surface area contributed by atoms with Gasteiger partial charge in [0, 0.05) is 10.6 Å². The van der Waals surface area contributed by atoms with Crippen molar-refractivity contribution in [1.29, 1.82) is 0 Å². The van der Waals surface area contributed by atoms with Crippen LogP contribution in [0.2, 0.25) is 0 Å². The van der Waals surface area contributed by atoms with E-state index in [0.29, 0.717) is 4.90 Å². The summed E-state index contributed by atoms with van der Waals surface area (Å²) >= 11 is 1.00. The van der Waals surface area contributed by atoms with Crippen molar-refractivity contribution in [3.05, 3.63) is 24.3 Å². The molecule has 0 spiro atoms. The normalized spacial score (nSPS) is 11.6. The van der Waals surface area contributed by atoms with Crippen LogP contribution in [0.25, 0.3) is 0 Å². The summed E-state index contributed by atoms with van der Waals surface area (Å²) in [7, 11) is 0. The Kier molecular flexibility index (Phi) is 3.69. The van der Waals surface area contributed by atoms with Crippen LogP contribution in [0.5, 0.6) is 5.75 Å². The van der Waals surface area contributed by atoms with Crippen molar-refractivity contribution >= 4 is 11.8 Å². The quantitative estimate of drug-likeness (QED) is 0.790. The molecule has 0 aliphatic heterocycles. The van der Waals surface area contributed by atoms with Crippen molar-refractivity contribution < 1.29 is 18.3 Å². The minimum atomic E-state index is -4.13. The number of rotatable bonds is 3. The lowest BCUT2D eigenvalue weighted by molar-refractivity contribution is -0.129. The van der Waals surface area contributed by atoms with E-state index in [9.17, 15) is 18.3 Å². The number of para-hydroxylation sites is 1. The van der Waals surface area contributed by atoms with E-state index in [0.717, 1.165) is 11.8 Å². The van der Waals surface area contributed by atoms with E-state index in [1.807, 2.05) is 0 Å². The molecule has 0 heterocycles. The monoisotopic (exact) mass is 222 g/mol. The third-order valence-corrected chi connectivity index (χ3v) is 2.57. The summed E-state index contributed by atoms with van der Waals surface area (Å²) in [6.45, 7) is 0. The van der Waals surface area contributed by atoms with E-state index >= 15 is 0 Å². The molecule has 0 aromatic heterocycles. The molecule has 1 aromatic rings. The predicted octanol–water partition coefficient (Wildman–Crippen LogP) is 3.44. The standard InChI is InChI=1S/C9H9F3OS/c10-9(11,12)5-6-14-8-4-2-1-3-7(8)13/h1-4,13H,5-6H2. The molecule has 5 heteroatoms. The lowest BCUT2D eigenvalue weighted by Crippen LogP contribution is -2.07. The average molecular weight is 222 g/mol. The Morgan fingerprint density at radius 3 is 2.43 bits per heavy atom. The molecular formula is C9H9F3OS. The van der Waals surface area contributed by atoms with Gasteiger partial charge in [-0.1, -0.05) is 12.1 Å². The first-order chi connectivity index (χ1) is 6.49. The second-order valence-corrected chi connectivity index (χ2v) is 3.82. The zero-order valence-corrected chi connectivity index (χ0v) is 8.03. The first-order valence-corrected chi connectivity index (χ1v) is 4.95. The predicted molar refractivity (Wildman–Crippen MR) is 49.5 cm³/mol. The lowest BCUT2D eigenvalue weighted by atomic mass is 10.3. The summed E-state index contributed by atoms with van der Waals surface area (Å²) in [5, 5.41) is 9.24. The first kappa shape index (κ1) is 11.2. The van der Waals surface area contributed by atoms with Crippen molar-refractivity contribution in [2.24, 2.45) is 0 Å². The highest BCUT2D eigenvalue weighted by atomic mass is 32.2. The smallest absolute Gasteiger partial charge is 0.389 e. The summed E-state index contributed by atoms with van der Waals surface area (Å²) < 4.78 is 35.3. The number of thioether (sulfide) groups is 1. The highest BCUT2D eigenvalue weighted by Crippen LogP contribution is 2.30. The van der Waals surface area contributed by atoms with Crippen LogP contribution in [-0.2, 0) is 0 Å². The van der Waals surface area contributed by atoms with Gasteiger partial charge in [-0.05, 0) is 12.1 Å². The minimum absolute atomic E-state index is 0.0275. The van der Waals surface area contributed by atoms with Gasteiger partial charge in [0.25, 0.3) is 0 Å². The molecule has 1 rings (SSSR count). The Labute approximate surface area is 83.9 Å². The topological polar surface area (TPSA) is 20.2 Å². The molecule has 14 heavy (non-hydrogen) atoms. The molecule has 0 amide bonds. The van der Waals surface area contributed by atoms with Crippen molar-refractivity contribution in [1.82, 2.24) is 0 Å². The fourth-order valence-corrected chi connectivity index (χ4v) is 1.80. The van der Waals surface area contributed by atoms with Crippen LogP contribution in [0.3, 0.4) is 0 Å². The second kappa shape index (κ2) is 4.59. The SMILES string of the molecule is Oc1ccccc1SCCC(F)(F)F. The van der Waals surface area contributed by atoms with E-state index in [-0.39, 0.29) is 11.5 Å². The third-order valence-electron chi connectivity index (χ3n) is 1.51. The number of alkyl halides is 3. The number of phenolic OH excluding ortho intramolecular Hbond substituents is 1. The van der Waals surface area contributed by atoms with Gasteiger partial charge in [0.15, 0.2) is 0 Å². The fraction of sp³-hybridized carbons (Fsp3) is 0.333. The van der Waals surface area contributed by atoms with Crippen LogP contribution in [0.1, 0.15) is 6.42 Å². The molecule has 0 unspecified atom stereocenters. The maximum atomic E-state index is 11.8. The second-order valence-electron chi connectivity index (χ2n) is 2.68. The van der Waals surface area contributed by atoms with Gasteiger partial charge in [-0.25, -0.2) is 0 Å². The first-order valence-electron chi connectivity index (χ1n) is 3.96. The number of halogens is 3. The molecule has 0 saturated heterocycles. The molecule has 0 saturated carbocycles. The minimum Gasteiger partial charge on any atom is -0.507 e. The van der Waals surface area contributed by atoms with E-state index in [1.165, 1.54) is 6.07 Å². The zero-order valence-electron chi connectivity index (χ0n) is 7.21. The lowest BCUT2D eigenvalue weighted by Gasteiger charge is -2.06. The van der Waals surface area contributed by atoms with E-state index in [1.54, 1.807) is 18.2 Å². The molecule has 0 fully saturated rings. The van der Waals surface area contributed by atoms with Crippen molar-refractivity contribution in [2.45, 2.75) is 17.5 Å². The van der Waals surface area contributed by atoms with Gasteiger partial charge in [-0.15, -0.1) is 11.8 Å². The van der Waals surface area contributed by atoms with Crippen LogP contribution in [0.4, 0.5) is 13.2 Å². The molecule has 1 aromatic carbocycles. The Morgan fingerprint density at radius 2 is 1.86 bits per heavy atom. The summed E-state index contributed by atoms with van der Waals surface area (Å²) in [5.74, 6) is -0.0409. The van der Waals surface area contributed by atoms with E-state index in [4.69, 9.17) is 0 Å². The van der Waals surface area contributed by atoms with E-state index < -0.39 is 12.6 Å². The zero-order chi connectivity index (χ0) is 10.6. The summed E-state index contributed by atoms with van der Waals surface area (Å²) in [6.07, 6.45) is -4.97. The molecule has 1 nitrogen and oxygen atoms in total. The molecule has 0 atom stereocenters. The van der Waals surface area contributed by atoms with Crippen molar-refractivity contribution in [3.63, 3.8) is 0 Å². The maximum Gasteiger partial charge on any atom is 0.389 e. The van der Waals surface area contributed by atoms with Gasteiger partial charge in [-0.2, -0.15) is 13.2 Å². The van der Waals surface area contributed by atoms with Gasteiger partial charge in [0.05, 0.1) is 6.42 Å². The summed E-state index contributed by atoms with van der Waals surface area (Å²) in [5.41, 5.74) is 0. The van der Waals surface area contributed by atoms with Gasteiger partial charge in [0.1, 0.15) is 5.75 Å². The maximum absolute atomic E-state index is 11.8. The van der Waals surface area contributed by atoms with Gasteiger partial charge in [0.2, 0.25) is 0 Å². The third kappa shape index (κ3) is 3.91. The molecule has 1 N–H and O–H groups in total. The Hall–Kier alpha value is -0.840. The number of phenols is 1. The van der Waals surface area contributed by atoms with E-state index in [2.05, 4.69) is 0 Å². The van der Waals surface area contributed by atoms with Crippen LogP contribution in [0, 0.1) is 0 Å². The Morgan fingerprint density at radius 1 is 1.21 bits per heavy atom. The highest BCUT2D eigenvalue weighted by Gasteiger charge is 2.26. The Bertz CT molecular complexity index is 298. The van der Waals surface area contributed by atoms with Crippen LogP contribution in [0.15, 0.2) is 29.2 Å². The number of benzene rings is 1. The van der Waals surface area contributed by atoms with Crippen molar-refractivity contribution in [3.8, 4) is 5.75 Å². The summed E-state index contributed by atoms with van der Waals surface area (Å²) in [6, 6.07) is 6.35. The molecule has 0 bridgehead atoms. The van der Waals surface area contributed by atoms with Crippen LogP contribution in [-0.4, -0.2) is 17.0 Å². The number of aromatic hydroxyl groups is 1. The van der Waals surface area contributed by atoms with Crippen molar-refractivity contribution in [2.75, 3.05) is 5.75 Å². The fourth-order valence-electron chi connectivity index (χ4n) is 0.856. The molecule has 0 aliphatic rings. The van der Waals surface area contributed by atoms with Gasteiger partial charge >= 0.3 is 6.18 Å². The summed E-state index contributed by atoms with van der Waals surface area (Å²) in [4.78, 5) is 0.483. The van der Waals surface area contributed by atoms with Crippen LogP contribution < -0.4 is 0 Å². The number of hydrogen-bond donors (Lipinski definition) is 1. The molecule has 78 valence electrons. The van der Waals surface area contributed by atoms with Gasteiger partial charge < -0.3 is 5.11 Å². The largest absolute Gasteiger partial charge is 0.507 e.